The summed E-state index contributed by atoms with van der Waals surface area (Å²) in [6, 6.07) is 5.92. The van der Waals surface area contributed by atoms with E-state index in [4.69, 9.17) is 5.11 Å². The van der Waals surface area contributed by atoms with Gasteiger partial charge in [-0.15, -0.1) is 0 Å². The van der Waals surface area contributed by atoms with Gasteiger partial charge in [0.2, 0.25) is 10.0 Å². The first kappa shape index (κ1) is 16.8. The average Bonchev–Trinajstić information content (AvgIpc) is 2.38. The minimum Gasteiger partial charge on any atom is -0.395 e. The molecule has 1 N–H and O–H groups in total. The second kappa shape index (κ2) is 6.97. The number of aliphatic hydroxyl groups excluding tert-OH is 1. The summed E-state index contributed by atoms with van der Waals surface area (Å²) >= 11 is 0. The highest BCUT2D eigenvalue weighted by molar-refractivity contribution is 7.89. The van der Waals surface area contributed by atoms with Crippen molar-refractivity contribution in [1.29, 1.82) is 0 Å². The maximum absolute atomic E-state index is 12.1. The van der Waals surface area contributed by atoms with Crippen LogP contribution in [0.4, 0.5) is 0 Å². The molecule has 0 aliphatic heterocycles. The average molecular weight is 299 g/mol. The molecule has 1 aromatic carbocycles. The van der Waals surface area contributed by atoms with Gasteiger partial charge in [-0.1, -0.05) is 26.0 Å². The summed E-state index contributed by atoms with van der Waals surface area (Å²) in [5.74, 6) is 0.272. The smallest absolute Gasteiger partial charge is 0.242 e. The first-order valence-electron chi connectivity index (χ1n) is 6.49. The van der Waals surface area contributed by atoms with Crippen LogP contribution in [-0.4, -0.2) is 43.8 Å². The largest absolute Gasteiger partial charge is 0.395 e. The van der Waals surface area contributed by atoms with E-state index in [1.54, 1.807) is 0 Å². The molecule has 0 heterocycles. The summed E-state index contributed by atoms with van der Waals surface area (Å²) in [4.78, 5) is 12.0. The molecular formula is C14H21NO4S. The van der Waals surface area contributed by atoms with Crippen LogP contribution in [0.15, 0.2) is 29.2 Å². The maximum Gasteiger partial charge on any atom is 0.242 e. The van der Waals surface area contributed by atoms with Gasteiger partial charge in [-0.05, 0) is 18.1 Å². The van der Waals surface area contributed by atoms with Crippen molar-refractivity contribution >= 4 is 15.8 Å². The molecule has 0 amide bonds. The van der Waals surface area contributed by atoms with Gasteiger partial charge in [0.15, 0.2) is 5.78 Å². The summed E-state index contributed by atoms with van der Waals surface area (Å²) in [5, 5.41) is 8.80. The van der Waals surface area contributed by atoms with Gasteiger partial charge in [-0.25, -0.2) is 8.42 Å². The molecule has 0 saturated heterocycles. The van der Waals surface area contributed by atoms with Crippen molar-refractivity contribution < 1.29 is 18.3 Å². The van der Waals surface area contributed by atoms with Crippen LogP contribution in [-0.2, 0) is 10.0 Å². The molecule has 20 heavy (non-hydrogen) atoms. The van der Waals surface area contributed by atoms with Gasteiger partial charge in [-0.2, -0.15) is 4.31 Å². The van der Waals surface area contributed by atoms with Gasteiger partial charge in [0, 0.05) is 25.6 Å². The van der Waals surface area contributed by atoms with E-state index in [0.717, 1.165) is 4.31 Å². The minimum absolute atomic E-state index is 0.00709. The number of carbonyl (C=O) groups is 1. The number of aliphatic hydroxyl groups is 1. The van der Waals surface area contributed by atoms with Crippen LogP contribution >= 0.6 is 0 Å². The number of hydrogen-bond acceptors (Lipinski definition) is 4. The third kappa shape index (κ3) is 4.13. The summed E-state index contributed by atoms with van der Waals surface area (Å²) in [7, 11) is -2.20. The van der Waals surface area contributed by atoms with Crippen LogP contribution in [0.3, 0.4) is 0 Å². The van der Waals surface area contributed by atoms with Gasteiger partial charge < -0.3 is 5.11 Å². The Bertz CT molecular complexity index is 549. The molecular weight excluding hydrogens is 278 g/mol. The summed E-state index contributed by atoms with van der Waals surface area (Å²) in [6.07, 6.45) is 0.441. The quantitative estimate of drug-likeness (QED) is 0.775. The number of Topliss-reactive ketones (excluding diaryl/α,β-unsaturated/α-hetero) is 1. The lowest BCUT2D eigenvalue weighted by Gasteiger charge is -2.16. The summed E-state index contributed by atoms with van der Waals surface area (Å²) < 4.78 is 25.3. The molecule has 5 nitrogen and oxygen atoms in total. The third-order valence-corrected chi connectivity index (χ3v) is 4.76. The molecule has 1 rings (SSSR count). The predicted octanol–water partition coefficient (Wildman–Crippen LogP) is 1.53. The number of sulfonamides is 1. The van der Waals surface area contributed by atoms with Gasteiger partial charge in [0.05, 0.1) is 11.5 Å². The van der Waals surface area contributed by atoms with E-state index in [9.17, 15) is 13.2 Å². The zero-order valence-electron chi connectivity index (χ0n) is 12.0. The molecule has 0 saturated carbocycles. The van der Waals surface area contributed by atoms with Crippen molar-refractivity contribution in [3.05, 3.63) is 29.8 Å². The Kier molecular flexibility index (Phi) is 5.86. The van der Waals surface area contributed by atoms with Crippen molar-refractivity contribution in [2.45, 2.75) is 25.2 Å². The standard InChI is InChI=1S/C14H21NO4S/c1-11(2)10-14(17)12-4-6-13(7-5-12)20(18,19)15(3)8-9-16/h4-7,11,16H,8-10H2,1-3H3. The van der Waals surface area contributed by atoms with E-state index in [2.05, 4.69) is 0 Å². The Hall–Kier alpha value is -1.24. The molecule has 0 radical (unpaired) electrons. The van der Waals surface area contributed by atoms with Crippen LogP contribution in [0.2, 0.25) is 0 Å². The fourth-order valence-electron chi connectivity index (χ4n) is 1.74. The first-order chi connectivity index (χ1) is 9.28. The number of ketones is 1. The van der Waals surface area contributed by atoms with E-state index in [1.807, 2.05) is 13.8 Å². The second-order valence-corrected chi connectivity index (χ2v) is 7.14. The van der Waals surface area contributed by atoms with E-state index in [0.29, 0.717) is 12.0 Å². The Labute approximate surface area is 120 Å². The zero-order chi connectivity index (χ0) is 15.3. The lowest BCUT2D eigenvalue weighted by atomic mass is 10.0. The van der Waals surface area contributed by atoms with E-state index in [-0.39, 0.29) is 29.7 Å². The molecule has 0 unspecified atom stereocenters. The molecule has 6 heteroatoms. The monoisotopic (exact) mass is 299 g/mol. The van der Waals surface area contributed by atoms with Crippen molar-refractivity contribution in [3.8, 4) is 0 Å². The molecule has 0 atom stereocenters. The lowest BCUT2D eigenvalue weighted by molar-refractivity contribution is 0.0967. The lowest BCUT2D eigenvalue weighted by Crippen LogP contribution is -2.29. The highest BCUT2D eigenvalue weighted by Crippen LogP contribution is 2.16. The zero-order valence-corrected chi connectivity index (χ0v) is 12.9. The Morgan fingerprint density at radius 1 is 1.25 bits per heavy atom. The van der Waals surface area contributed by atoms with E-state index >= 15 is 0 Å². The Morgan fingerprint density at radius 2 is 1.80 bits per heavy atom. The maximum atomic E-state index is 12.1. The fourth-order valence-corrected chi connectivity index (χ4v) is 2.90. The molecule has 1 aromatic rings. The number of hydrogen-bond donors (Lipinski definition) is 1. The molecule has 0 aromatic heterocycles. The van der Waals surface area contributed by atoms with Gasteiger partial charge in [0.25, 0.3) is 0 Å². The molecule has 0 aliphatic rings. The normalized spacial score (nSPS) is 12.1. The van der Waals surface area contributed by atoms with Gasteiger partial charge >= 0.3 is 0 Å². The SMILES string of the molecule is CC(C)CC(=O)c1ccc(S(=O)(=O)N(C)CCO)cc1. The second-order valence-electron chi connectivity index (χ2n) is 5.10. The Balaban J connectivity index is 2.94. The predicted molar refractivity (Wildman–Crippen MR) is 77.1 cm³/mol. The molecule has 112 valence electrons. The number of nitrogens with zero attached hydrogens (tertiary/aromatic N) is 1. The molecule has 0 spiro atoms. The van der Waals surface area contributed by atoms with Crippen LogP contribution in [0.25, 0.3) is 0 Å². The highest BCUT2D eigenvalue weighted by atomic mass is 32.2. The van der Waals surface area contributed by atoms with E-state index in [1.165, 1.54) is 31.3 Å². The van der Waals surface area contributed by atoms with Crippen molar-refractivity contribution in [1.82, 2.24) is 4.31 Å². The van der Waals surface area contributed by atoms with Crippen LogP contribution in [0.5, 0.6) is 0 Å². The number of benzene rings is 1. The summed E-state index contributed by atoms with van der Waals surface area (Å²) in [6.45, 7) is 3.72. The topological polar surface area (TPSA) is 74.7 Å². The van der Waals surface area contributed by atoms with Crippen molar-refractivity contribution in [2.24, 2.45) is 5.92 Å². The van der Waals surface area contributed by atoms with Crippen LogP contribution < -0.4 is 0 Å². The van der Waals surface area contributed by atoms with Gasteiger partial charge in [0.1, 0.15) is 0 Å². The van der Waals surface area contributed by atoms with Crippen molar-refractivity contribution in [3.63, 3.8) is 0 Å². The Morgan fingerprint density at radius 3 is 2.25 bits per heavy atom. The third-order valence-electron chi connectivity index (χ3n) is 2.89. The van der Waals surface area contributed by atoms with Crippen LogP contribution in [0.1, 0.15) is 30.6 Å². The molecule has 0 bridgehead atoms. The molecule has 0 fully saturated rings. The number of rotatable bonds is 7. The summed E-state index contributed by atoms with van der Waals surface area (Å²) in [5.41, 5.74) is 0.516. The molecule has 0 aliphatic carbocycles. The van der Waals surface area contributed by atoms with Crippen molar-refractivity contribution in [2.75, 3.05) is 20.2 Å². The minimum atomic E-state index is -3.60. The number of likely N-dealkylation sites (N-methyl/N-ethyl adjacent to an activating group) is 1. The van der Waals surface area contributed by atoms with Gasteiger partial charge in [-0.3, -0.25) is 4.79 Å². The highest BCUT2D eigenvalue weighted by Gasteiger charge is 2.20. The first-order valence-corrected chi connectivity index (χ1v) is 7.93. The number of carbonyl (C=O) groups excluding carboxylic acids is 1. The van der Waals surface area contributed by atoms with E-state index < -0.39 is 10.0 Å². The fraction of sp³-hybridized carbons (Fsp3) is 0.500. The van der Waals surface area contributed by atoms with Crippen LogP contribution in [0, 0.1) is 5.92 Å².